The van der Waals surface area contributed by atoms with Gasteiger partial charge in [-0.25, -0.2) is 0 Å². The van der Waals surface area contributed by atoms with E-state index in [0.717, 1.165) is 12.8 Å². The van der Waals surface area contributed by atoms with Gasteiger partial charge in [0, 0.05) is 25.0 Å². The lowest BCUT2D eigenvalue weighted by Crippen LogP contribution is -2.49. The van der Waals surface area contributed by atoms with Crippen molar-refractivity contribution in [2.75, 3.05) is 13.1 Å². The van der Waals surface area contributed by atoms with Gasteiger partial charge >= 0.3 is 6.18 Å². The van der Waals surface area contributed by atoms with Gasteiger partial charge in [-0.2, -0.15) is 13.2 Å². The quantitative estimate of drug-likeness (QED) is 0.807. The summed E-state index contributed by atoms with van der Waals surface area (Å²) in [5, 5.41) is 0. The molecule has 0 aromatic heterocycles. The number of nitrogens with zero attached hydrogens (tertiary/aromatic N) is 1. The molecule has 6 heteroatoms. The summed E-state index contributed by atoms with van der Waals surface area (Å²) in [6, 6.07) is 0.00311. The average molecular weight is 292 g/mol. The number of alkyl halides is 3. The number of hydrogen-bond acceptors (Lipinski definition) is 2. The van der Waals surface area contributed by atoms with E-state index in [2.05, 4.69) is 0 Å². The van der Waals surface area contributed by atoms with Crippen molar-refractivity contribution in [2.24, 2.45) is 23.5 Å². The van der Waals surface area contributed by atoms with Crippen molar-refractivity contribution in [1.82, 2.24) is 4.90 Å². The van der Waals surface area contributed by atoms with E-state index in [4.69, 9.17) is 5.73 Å². The lowest BCUT2D eigenvalue weighted by atomic mass is 9.77. The Bertz CT molecular complexity index is 359. The molecule has 1 aliphatic heterocycles. The second-order valence-corrected chi connectivity index (χ2v) is 6.32. The minimum absolute atomic E-state index is 0.00311. The molecule has 2 rings (SSSR count). The van der Waals surface area contributed by atoms with Crippen LogP contribution in [0.25, 0.3) is 0 Å². The molecule has 0 radical (unpaired) electrons. The Morgan fingerprint density at radius 2 is 1.95 bits per heavy atom. The van der Waals surface area contributed by atoms with Crippen molar-refractivity contribution in [3.8, 4) is 0 Å². The van der Waals surface area contributed by atoms with Gasteiger partial charge in [0.25, 0.3) is 0 Å². The molecular formula is C14H23F3N2O. The number of piperidine rings is 1. The van der Waals surface area contributed by atoms with Crippen LogP contribution in [0.1, 0.15) is 39.0 Å². The summed E-state index contributed by atoms with van der Waals surface area (Å²) < 4.78 is 38.4. The highest BCUT2D eigenvalue weighted by Gasteiger charge is 2.44. The third kappa shape index (κ3) is 3.45. The molecule has 4 unspecified atom stereocenters. The highest BCUT2D eigenvalue weighted by molar-refractivity contribution is 5.79. The van der Waals surface area contributed by atoms with Crippen LogP contribution in [-0.2, 0) is 4.79 Å². The molecule has 4 atom stereocenters. The molecule has 0 aromatic rings. The Kier molecular flexibility index (Phi) is 4.62. The van der Waals surface area contributed by atoms with Crippen molar-refractivity contribution >= 4 is 5.91 Å². The predicted molar refractivity (Wildman–Crippen MR) is 69.8 cm³/mol. The molecule has 0 spiro atoms. The zero-order valence-corrected chi connectivity index (χ0v) is 11.8. The highest BCUT2D eigenvalue weighted by Crippen LogP contribution is 2.36. The molecule has 116 valence electrons. The topological polar surface area (TPSA) is 46.3 Å². The first kappa shape index (κ1) is 15.6. The van der Waals surface area contributed by atoms with E-state index in [0.29, 0.717) is 19.4 Å². The fourth-order valence-electron chi connectivity index (χ4n) is 3.38. The van der Waals surface area contributed by atoms with E-state index in [1.807, 2.05) is 6.92 Å². The summed E-state index contributed by atoms with van der Waals surface area (Å²) in [6.45, 7) is 2.27. The van der Waals surface area contributed by atoms with Gasteiger partial charge in [0.05, 0.1) is 5.92 Å². The summed E-state index contributed by atoms with van der Waals surface area (Å²) in [6.07, 6.45) is -1.25. The Labute approximate surface area is 117 Å². The molecule has 2 N–H and O–H groups in total. The SMILES string of the molecule is CC1CCC(N)CC1C(=O)N1CCCC(C(F)(F)F)C1. The lowest BCUT2D eigenvalue weighted by molar-refractivity contribution is -0.189. The van der Waals surface area contributed by atoms with Gasteiger partial charge in [0.1, 0.15) is 0 Å². The molecule has 3 nitrogen and oxygen atoms in total. The van der Waals surface area contributed by atoms with E-state index >= 15 is 0 Å². The monoisotopic (exact) mass is 292 g/mol. The molecule has 1 heterocycles. The Balaban J connectivity index is 2.01. The van der Waals surface area contributed by atoms with Crippen LogP contribution < -0.4 is 5.73 Å². The predicted octanol–water partition coefficient (Wildman–Crippen LogP) is 2.55. The van der Waals surface area contributed by atoms with Crippen LogP contribution >= 0.6 is 0 Å². The van der Waals surface area contributed by atoms with E-state index in [1.54, 1.807) is 0 Å². The molecular weight excluding hydrogens is 269 g/mol. The van der Waals surface area contributed by atoms with Crippen LogP contribution in [0.2, 0.25) is 0 Å². The zero-order chi connectivity index (χ0) is 14.9. The molecule has 0 aromatic carbocycles. The third-order valence-corrected chi connectivity index (χ3v) is 4.75. The third-order valence-electron chi connectivity index (χ3n) is 4.75. The van der Waals surface area contributed by atoms with Gasteiger partial charge in [-0.1, -0.05) is 6.92 Å². The van der Waals surface area contributed by atoms with Gasteiger partial charge in [-0.15, -0.1) is 0 Å². The van der Waals surface area contributed by atoms with Crippen LogP contribution in [0.5, 0.6) is 0 Å². The van der Waals surface area contributed by atoms with E-state index in [-0.39, 0.29) is 36.8 Å². The maximum atomic E-state index is 12.8. The van der Waals surface area contributed by atoms with E-state index in [9.17, 15) is 18.0 Å². The number of halogens is 3. The first-order valence-electron chi connectivity index (χ1n) is 7.40. The zero-order valence-electron chi connectivity index (χ0n) is 11.8. The smallest absolute Gasteiger partial charge is 0.342 e. The number of carbonyl (C=O) groups excluding carboxylic acids is 1. The minimum atomic E-state index is -4.20. The minimum Gasteiger partial charge on any atom is -0.342 e. The number of likely N-dealkylation sites (tertiary alicyclic amines) is 1. The van der Waals surface area contributed by atoms with Gasteiger partial charge in [-0.05, 0) is 38.0 Å². The molecule has 1 saturated carbocycles. The first-order chi connectivity index (χ1) is 9.29. The van der Waals surface area contributed by atoms with Crippen LogP contribution in [-0.4, -0.2) is 36.1 Å². The number of hydrogen-bond donors (Lipinski definition) is 1. The fraction of sp³-hybridized carbons (Fsp3) is 0.929. The van der Waals surface area contributed by atoms with Crippen LogP contribution in [0.3, 0.4) is 0 Å². The maximum absolute atomic E-state index is 12.8. The summed E-state index contributed by atoms with van der Waals surface area (Å²) in [5.41, 5.74) is 5.90. The molecule has 1 saturated heterocycles. The second kappa shape index (κ2) is 5.92. The Hall–Kier alpha value is -0.780. The van der Waals surface area contributed by atoms with Gasteiger partial charge < -0.3 is 10.6 Å². The first-order valence-corrected chi connectivity index (χ1v) is 7.40. The van der Waals surface area contributed by atoms with Crippen molar-refractivity contribution in [3.05, 3.63) is 0 Å². The number of carbonyl (C=O) groups is 1. The molecule has 1 amide bonds. The largest absolute Gasteiger partial charge is 0.393 e. The second-order valence-electron chi connectivity index (χ2n) is 6.32. The van der Waals surface area contributed by atoms with E-state index in [1.165, 1.54) is 4.90 Å². The van der Waals surface area contributed by atoms with Gasteiger partial charge in [-0.3, -0.25) is 4.79 Å². The molecule has 2 aliphatic rings. The summed E-state index contributed by atoms with van der Waals surface area (Å²) in [5.74, 6) is -1.48. The van der Waals surface area contributed by atoms with E-state index < -0.39 is 12.1 Å². The standard InChI is InChI=1S/C14H23F3N2O/c1-9-4-5-11(18)7-12(9)13(20)19-6-2-3-10(8-19)14(15,16)17/h9-12H,2-8,18H2,1H3. The molecule has 2 fully saturated rings. The average Bonchev–Trinajstić information content (AvgIpc) is 2.40. The Morgan fingerprint density at radius 1 is 1.25 bits per heavy atom. The van der Waals surface area contributed by atoms with Crippen molar-refractivity contribution in [1.29, 1.82) is 0 Å². The Morgan fingerprint density at radius 3 is 2.60 bits per heavy atom. The van der Waals surface area contributed by atoms with Crippen LogP contribution in [0, 0.1) is 17.8 Å². The fourth-order valence-corrected chi connectivity index (χ4v) is 3.38. The summed E-state index contributed by atoms with van der Waals surface area (Å²) in [7, 11) is 0. The number of rotatable bonds is 1. The summed E-state index contributed by atoms with van der Waals surface area (Å²) >= 11 is 0. The molecule has 0 bridgehead atoms. The normalized spacial score (nSPS) is 36.0. The summed E-state index contributed by atoms with van der Waals surface area (Å²) in [4.78, 5) is 13.9. The number of nitrogens with two attached hydrogens (primary N) is 1. The van der Waals surface area contributed by atoms with Crippen molar-refractivity contribution < 1.29 is 18.0 Å². The van der Waals surface area contributed by atoms with Gasteiger partial charge in [0.2, 0.25) is 5.91 Å². The maximum Gasteiger partial charge on any atom is 0.393 e. The van der Waals surface area contributed by atoms with Crippen molar-refractivity contribution in [3.63, 3.8) is 0 Å². The highest BCUT2D eigenvalue weighted by atomic mass is 19.4. The van der Waals surface area contributed by atoms with Gasteiger partial charge in [0.15, 0.2) is 0 Å². The number of amides is 1. The molecule has 1 aliphatic carbocycles. The van der Waals surface area contributed by atoms with Crippen LogP contribution in [0.15, 0.2) is 0 Å². The molecule has 20 heavy (non-hydrogen) atoms. The van der Waals surface area contributed by atoms with Crippen molar-refractivity contribution in [2.45, 2.75) is 51.2 Å². The van der Waals surface area contributed by atoms with Crippen LogP contribution in [0.4, 0.5) is 13.2 Å². The lowest BCUT2D eigenvalue weighted by Gasteiger charge is -2.39.